The quantitative estimate of drug-likeness (QED) is 0.497. The Kier molecular flexibility index (Phi) is 4.23. The fourth-order valence-corrected chi connectivity index (χ4v) is 2.22. The van der Waals surface area contributed by atoms with Crippen molar-refractivity contribution in [1.29, 1.82) is 0 Å². The summed E-state index contributed by atoms with van der Waals surface area (Å²) in [7, 11) is 0. The maximum absolute atomic E-state index is 13.7. The minimum absolute atomic E-state index is 0.283. The number of rotatable bonds is 2. The Balaban J connectivity index is 2.47. The maximum atomic E-state index is 13.7. The van der Waals surface area contributed by atoms with E-state index < -0.39 is 28.8 Å². The van der Waals surface area contributed by atoms with Gasteiger partial charge in [0.15, 0.2) is 0 Å². The molecule has 112 valence electrons. The lowest BCUT2D eigenvalue weighted by atomic mass is 10.00. The van der Waals surface area contributed by atoms with Gasteiger partial charge in [-0.1, -0.05) is 12.1 Å². The van der Waals surface area contributed by atoms with E-state index in [1.807, 2.05) is 0 Å². The van der Waals surface area contributed by atoms with Crippen LogP contribution in [-0.2, 0) is 6.18 Å². The molecule has 2 aromatic carbocycles. The molecular formula is C15H10ClF5. The summed E-state index contributed by atoms with van der Waals surface area (Å²) < 4.78 is 64.9. The normalized spacial score (nSPS) is 13.3. The van der Waals surface area contributed by atoms with Crippen LogP contribution in [0.4, 0.5) is 22.0 Å². The molecule has 0 aromatic heterocycles. The number of hydrogen-bond acceptors (Lipinski definition) is 0. The van der Waals surface area contributed by atoms with Gasteiger partial charge in [0.1, 0.15) is 11.6 Å². The van der Waals surface area contributed by atoms with Gasteiger partial charge in [-0.15, -0.1) is 11.6 Å². The molecule has 0 heterocycles. The van der Waals surface area contributed by atoms with E-state index in [9.17, 15) is 22.0 Å². The lowest BCUT2D eigenvalue weighted by molar-refractivity contribution is -0.137. The van der Waals surface area contributed by atoms with E-state index in [-0.39, 0.29) is 11.1 Å². The molecular weight excluding hydrogens is 311 g/mol. The highest BCUT2D eigenvalue weighted by Gasteiger charge is 2.32. The molecule has 21 heavy (non-hydrogen) atoms. The Labute approximate surface area is 123 Å². The molecule has 6 heteroatoms. The van der Waals surface area contributed by atoms with Crippen molar-refractivity contribution in [2.24, 2.45) is 0 Å². The summed E-state index contributed by atoms with van der Waals surface area (Å²) in [6.07, 6.45) is -4.59. The van der Waals surface area contributed by atoms with Crippen LogP contribution in [0.2, 0.25) is 0 Å². The molecule has 0 radical (unpaired) electrons. The Hall–Kier alpha value is -1.62. The molecule has 0 fully saturated rings. The van der Waals surface area contributed by atoms with Gasteiger partial charge >= 0.3 is 6.18 Å². The molecule has 2 rings (SSSR count). The zero-order valence-electron chi connectivity index (χ0n) is 10.8. The summed E-state index contributed by atoms with van der Waals surface area (Å²) in [6.45, 7) is 1.49. The fraction of sp³-hybridized carbons (Fsp3) is 0.200. The van der Waals surface area contributed by atoms with Crippen LogP contribution in [0, 0.1) is 18.6 Å². The van der Waals surface area contributed by atoms with Gasteiger partial charge in [-0.3, -0.25) is 0 Å². The molecule has 2 aromatic rings. The third kappa shape index (κ3) is 3.35. The predicted octanol–water partition coefficient (Wildman–Crippen LogP) is 5.62. The van der Waals surface area contributed by atoms with E-state index in [4.69, 9.17) is 11.6 Å². The van der Waals surface area contributed by atoms with Crippen molar-refractivity contribution < 1.29 is 22.0 Å². The van der Waals surface area contributed by atoms with Crippen LogP contribution in [0.5, 0.6) is 0 Å². The highest BCUT2D eigenvalue weighted by Crippen LogP contribution is 2.36. The summed E-state index contributed by atoms with van der Waals surface area (Å²) in [6, 6.07) is 5.89. The first kappa shape index (κ1) is 15.8. The van der Waals surface area contributed by atoms with Crippen molar-refractivity contribution in [1.82, 2.24) is 0 Å². The van der Waals surface area contributed by atoms with E-state index in [0.29, 0.717) is 17.7 Å². The van der Waals surface area contributed by atoms with Crippen molar-refractivity contribution in [3.63, 3.8) is 0 Å². The van der Waals surface area contributed by atoms with Crippen molar-refractivity contribution in [3.8, 4) is 0 Å². The molecule has 0 saturated carbocycles. The van der Waals surface area contributed by atoms with Gasteiger partial charge in [0.05, 0.1) is 10.9 Å². The highest BCUT2D eigenvalue weighted by atomic mass is 35.5. The number of hydrogen-bond donors (Lipinski definition) is 0. The van der Waals surface area contributed by atoms with Gasteiger partial charge < -0.3 is 0 Å². The number of benzene rings is 2. The molecule has 1 unspecified atom stereocenters. The van der Waals surface area contributed by atoms with Gasteiger partial charge in [0.25, 0.3) is 0 Å². The van der Waals surface area contributed by atoms with Crippen LogP contribution >= 0.6 is 11.6 Å². The van der Waals surface area contributed by atoms with Crippen LogP contribution in [0.15, 0.2) is 36.4 Å². The van der Waals surface area contributed by atoms with E-state index in [2.05, 4.69) is 0 Å². The Morgan fingerprint density at radius 1 is 0.952 bits per heavy atom. The lowest BCUT2D eigenvalue weighted by Gasteiger charge is -2.15. The topological polar surface area (TPSA) is 0 Å². The Bertz CT molecular complexity index is 664. The summed E-state index contributed by atoms with van der Waals surface area (Å²) in [5.41, 5.74) is -0.666. The largest absolute Gasteiger partial charge is 0.416 e. The Morgan fingerprint density at radius 3 is 2.14 bits per heavy atom. The van der Waals surface area contributed by atoms with E-state index in [1.165, 1.54) is 19.1 Å². The Morgan fingerprint density at radius 2 is 1.57 bits per heavy atom. The lowest BCUT2D eigenvalue weighted by Crippen LogP contribution is -2.07. The van der Waals surface area contributed by atoms with Crippen LogP contribution in [-0.4, -0.2) is 0 Å². The van der Waals surface area contributed by atoms with Crippen LogP contribution in [0.3, 0.4) is 0 Å². The second kappa shape index (κ2) is 5.64. The molecule has 0 amide bonds. The molecule has 0 saturated heterocycles. The average Bonchev–Trinajstić information content (AvgIpc) is 2.40. The molecule has 0 spiro atoms. The van der Waals surface area contributed by atoms with Crippen LogP contribution in [0.25, 0.3) is 0 Å². The molecule has 0 nitrogen and oxygen atoms in total. The predicted molar refractivity (Wildman–Crippen MR) is 70.2 cm³/mol. The van der Waals surface area contributed by atoms with Gasteiger partial charge in [-0.05, 0) is 42.3 Å². The summed E-state index contributed by atoms with van der Waals surface area (Å²) in [5.74, 6) is -1.31. The minimum atomic E-state index is -4.59. The van der Waals surface area contributed by atoms with Crippen molar-refractivity contribution >= 4 is 11.6 Å². The number of alkyl halides is 4. The van der Waals surface area contributed by atoms with E-state index in [0.717, 1.165) is 12.1 Å². The second-order valence-electron chi connectivity index (χ2n) is 4.61. The molecule has 0 aliphatic rings. The third-order valence-corrected chi connectivity index (χ3v) is 3.56. The minimum Gasteiger partial charge on any atom is -0.207 e. The average molecular weight is 321 g/mol. The third-order valence-electron chi connectivity index (χ3n) is 3.07. The fourth-order valence-electron chi connectivity index (χ4n) is 1.92. The molecule has 0 bridgehead atoms. The van der Waals surface area contributed by atoms with Crippen LogP contribution < -0.4 is 0 Å². The van der Waals surface area contributed by atoms with Crippen molar-refractivity contribution in [2.45, 2.75) is 18.5 Å². The van der Waals surface area contributed by atoms with Gasteiger partial charge in [-0.25, -0.2) is 8.78 Å². The zero-order chi connectivity index (χ0) is 15.8. The van der Waals surface area contributed by atoms with Gasteiger partial charge in [-0.2, -0.15) is 13.2 Å². The molecule has 1 atom stereocenters. The molecule has 0 aliphatic heterocycles. The molecule has 0 aliphatic carbocycles. The monoisotopic (exact) mass is 320 g/mol. The molecule has 0 N–H and O–H groups in total. The van der Waals surface area contributed by atoms with E-state index in [1.54, 1.807) is 0 Å². The van der Waals surface area contributed by atoms with E-state index >= 15 is 0 Å². The first-order chi connectivity index (χ1) is 9.70. The zero-order valence-corrected chi connectivity index (χ0v) is 11.6. The summed E-state index contributed by atoms with van der Waals surface area (Å²) in [5, 5.41) is -1.13. The number of halogens is 6. The summed E-state index contributed by atoms with van der Waals surface area (Å²) in [4.78, 5) is 0. The second-order valence-corrected chi connectivity index (χ2v) is 5.04. The first-order valence-corrected chi connectivity index (χ1v) is 6.40. The smallest absolute Gasteiger partial charge is 0.207 e. The first-order valence-electron chi connectivity index (χ1n) is 5.97. The van der Waals surface area contributed by atoms with Gasteiger partial charge in [0.2, 0.25) is 0 Å². The van der Waals surface area contributed by atoms with Gasteiger partial charge in [0, 0.05) is 5.56 Å². The highest BCUT2D eigenvalue weighted by molar-refractivity contribution is 6.22. The summed E-state index contributed by atoms with van der Waals surface area (Å²) >= 11 is 6.05. The number of aryl methyl sites for hydroxylation is 1. The maximum Gasteiger partial charge on any atom is 0.416 e. The van der Waals surface area contributed by atoms with Crippen molar-refractivity contribution in [2.75, 3.05) is 0 Å². The van der Waals surface area contributed by atoms with Crippen molar-refractivity contribution in [3.05, 3.63) is 70.3 Å². The standard InChI is InChI=1S/C15H10ClF5/c1-8-6-9(2-4-12(8)17)14(16)11-7-10(15(19,20)21)3-5-13(11)18/h2-7,14H,1H3. The van der Waals surface area contributed by atoms with Crippen LogP contribution in [0.1, 0.15) is 27.6 Å². The SMILES string of the molecule is Cc1cc(C(Cl)c2cc(C(F)(F)F)ccc2F)ccc1F.